The van der Waals surface area contributed by atoms with Gasteiger partial charge in [0.25, 0.3) is 5.91 Å². The van der Waals surface area contributed by atoms with Crippen LogP contribution in [0.2, 0.25) is 0 Å². The Labute approximate surface area is 161 Å². The van der Waals surface area contributed by atoms with Gasteiger partial charge in [0, 0.05) is 11.3 Å². The number of alkyl halides is 1. The summed E-state index contributed by atoms with van der Waals surface area (Å²) >= 11 is 6.20. The molecule has 0 aromatic heterocycles. The Bertz CT molecular complexity index is 1060. The van der Waals surface area contributed by atoms with Gasteiger partial charge >= 0.3 is 0 Å². The lowest BCUT2D eigenvalue weighted by molar-refractivity contribution is -0.121. The van der Waals surface area contributed by atoms with Crippen molar-refractivity contribution in [3.8, 4) is 0 Å². The maximum Gasteiger partial charge on any atom is 0.255 e. The highest BCUT2D eigenvalue weighted by molar-refractivity contribution is 6.36. The van der Waals surface area contributed by atoms with E-state index >= 15 is 0 Å². The zero-order valence-electron chi connectivity index (χ0n) is 14.3. The van der Waals surface area contributed by atoms with E-state index < -0.39 is 5.38 Å². The summed E-state index contributed by atoms with van der Waals surface area (Å²) < 4.78 is 0. The molecular weight excluding hydrogens is 362 g/mol. The van der Waals surface area contributed by atoms with Crippen molar-refractivity contribution in [2.24, 2.45) is 5.10 Å². The van der Waals surface area contributed by atoms with Crippen LogP contribution in [0.5, 0.6) is 0 Å². The number of hydrazone groups is 1. The number of halogens is 1. The molecule has 0 saturated heterocycles. The van der Waals surface area contributed by atoms with Crippen molar-refractivity contribution >= 4 is 45.6 Å². The van der Waals surface area contributed by atoms with Gasteiger partial charge in [0.15, 0.2) is 0 Å². The molecule has 134 valence electrons. The molecule has 4 rings (SSSR count). The maximum absolute atomic E-state index is 12.5. The van der Waals surface area contributed by atoms with Crippen molar-refractivity contribution in [1.82, 2.24) is 5.43 Å². The summed E-state index contributed by atoms with van der Waals surface area (Å²) in [6.45, 7) is 0. The monoisotopic (exact) mass is 377 g/mol. The molecule has 27 heavy (non-hydrogen) atoms. The van der Waals surface area contributed by atoms with Gasteiger partial charge in [-0.15, -0.1) is 11.6 Å². The minimum atomic E-state index is -0.476. The average Bonchev–Trinajstić information content (AvgIpc) is 2.68. The van der Waals surface area contributed by atoms with Gasteiger partial charge in [-0.1, -0.05) is 42.5 Å². The van der Waals surface area contributed by atoms with E-state index in [1.165, 1.54) is 0 Å². The van der Waals surface area contributed by atoms with Crippen LogP contribution < -0.4 is 10.7 Å². The minimum absolute atomic E-state index is 0.185. The number of hydrogen-bond donors (Lipinski definition) is 2. The Morgan fingerprint density at radius 1 is 1.04 bits per heavy atom. The number of carbonyl (C=O) groups is 2. The van der Waals surface area contributed by atoms with Gasteiger partial charge in [-0.05, 0) is 40.6 Å². The fourth-order valence-corrected chi connectivity index (χ4v) is 3.32. The second-order valence-electron chi connectivity index (χ2n) is 6.30. The molecule has 1 heterocycles. The molecule has 0 spiro atoms. The molecule has 0 aliphatic carbocycles. The molecule has 2 amide bonds. The highest BCUT2D eigenvalue weighted by Gasteiger charge is 2.23. The van der Waals surface area contributed by atoms with Crippen LogP contribution in [-0.4, -0.2) is 22.9 Å². The van der Waals surface area contributed by atoms with Gasteiger partial charge < -0.3 is 5.32 Å². The lowest BCUT2D eigenvalue weighted by atomic mass is 10.0. The molecule has 5 nitrogen and oxygen atoms in total. The van der Waals surface area contributed by atoms with E-state index in [0.717, 1.165) is 22.0 Å². The zero-order chi connectivity index (χ0) is 18.8. The maximum atomic E-state index is 12.5. The van der Waals surface area contributed by atoms with Gasteiger partial charge in [0.1, 0.15) is 0 Å². The summed E-state index contributed by atoms with van der Waals surface area (Å²) in [7, 11) is 0. The Morgan fingerprint density at radius 3 is 2.52 bits per heavy atom. The van der Waals surface area contributed by atoms with E-state index in [4.69, 9.17) is 11.6 Å². The second kappa shape index (κ2) is 7.21. The summed E-state index contributed by atoms with van der Waals surface area (Å²) in [5, 5.41) is 8.64. The molecule has 3 aromatic carbocycles. The number of anilines is 1. The van der Waals surface area contributed by atoms with Gasteiger partial charge in [-0.2, -0.15) is 5.10 Å². The molecule has 3 aromatic rings. The topological polar surface area (TPSA) is 70.6 Å². The second-order valence-corrected chi connectivity index (χ2v) is 6.82. The highest BCUT2D eigenvalue weighted by atomic mass is 35.5. The molecule has 1 atom stereocenters. The Hall–Kier alpha value is -3.18. The summed E-state index contributed by atoms with van der Waals surface area (Å²) in [5.74, 6) is -0.400. The first-order valence-corrected chi connectivity index (χ1v) is 8.95. The minimum Gasteiger partial charge on any atom is -0.322 e. The van der Waals surface area contributed by atoms with Gasteiger partial charge in [-0.25, -0.2) is 5.43 Å². The smallest absolute Gasteiger partial charge is 0.255 e. The van der Waals surface area contributed by atoms with Gasteiger partial charge in [-0.3, -0.25) is 9.59 Å². The fraction of sp³-hybridized carbons (Fsp3) is 0.0952. The van der Waals surface area contributed by atoms with E-state index in [9.17, 15) is 9.59 Å². The number of nitrogens with zero attached hydrogens (tertiary/aromatic N) is 1. The number of carbonyl (C=O) groups excluding carboxylic acids is 2. The van der Waals surface area contributed by atoms with Crippen LogP contribution in [0.15, 0.2) is 71.8 Å². The van der Waals surface area contributed by atoms with Crippen LogP contribution in [-0.2, 0) is 4.79 Å². The molecular formula is C21H16ClN3O2. The van der Waals surface area contributed by atoms with Crippen molar-refractivity contribution in [3.63, 3.8) is 0 Å². The first-order chi connectivity index (χ1) is 13.1. The van der Waals surface area contributed by atoms with Crippen LogP contribution in [0.1, 0.15) is 22.3 Å². The molecule has 0 radical (unpaired) electrons. The van der Waals surface area contributed by atoms with Crippen molar-refractivity contribution in [2.45, 2.75) is 11.8 Å². The molecule has 1 aliphatic rings. The number of benzene rings is 3. The molecule has 0 saturated carbocycles. The van der Waals surface area contributed by atoms with Crippen LogP contribution in [0.25, 0.3) is 10.8 Å². The lowest BCUT2D eigenvalue weighted by Crippen LogP contribution is -2.34. The predicted octanol–water partition coefficient (Wildman–Crippen LogP) is 3.92. The third-order valence-corrected chi connectivity index (χ3v) is 4.77. The third kappa shape index (κ3) is 3.68. The van der Waals surface area contributed by atoms with Crippen molar-refractivity contribution < 1.29 is 9.59 Å². The fourth-order valence-electron chi connectivity index (χ4n) is 3.01. The molecule has 0 bridgehead atoms. The molecule has 0 fully saturated rings. The van der Waals surface area contributed by atoms with Crippen LogP contribution in [0, 0.1) is 0 Å². The summed E-state index contributed by atoms with van der Waals surface area (Å²) in [6.07, 6.45) is 0.185. The molecule has 6 heteroatoms. The SMILES string of the molecule is O=C1CC(Cl)C(c2ccc(C(=O)Nc3ccc4ccccc4c3)cc2)=NN1. The van der Waals surface area contributed by atoms with Crippen molar-refractivity contribution in [2.75, 3.05) is 5.32 Å². The number of hydrogen-bond acceptors (Lipinski definition) is 3. The Balaban J connectivity index is 1.51. The Kier molecular flexibility index (Phi) is 4.60. The summed E-state index contributed by atoms with van der Waals surface area (Å²) in [5.41, 5.74) is 5.07. The molecule has 1 aliphatic heterocycles. The largest absolute Gasteiger partial charge is 0.322 e. The van der Waals surface area contributed by atoms with Crippen LogP contribution >= 0.6 is 11.6 Å². The quantitative estimate of drug-likeness (QED) is 0.679. The van der Waals surface area contributed by atoms with E-state index in [1.807, 2.05) is 42.5 Å². The summed E-state index contributed by atoms with van der Waals surface area (Å²) in [4.78, 5) is 23.8. The van der Waals surface area contributed by atoms with Crippen LogP contribution in [0.4, 0.5) is 5.69 Å². The normalized spacial score (nSPS) is 16.6. The van der Waals surface area contributed by atoms with E-state index in [1.54, 1.807) is 24.3 Å². The predicted molar refractivity (Wildman–Crippen MR) is 107 cm³/mol. The van der Waals surface area contributed by atoms with Crippen molar-refractivity contribution in [3.05, 3.63) is 77.9 Å². The first kappa shape index (κ1) is 17.2. The number of fused-ring (bicyclic) bond motifs is 1. The average molecular weight is 378 g/mol. The lowest BCUT2D eigenvalue weighted by Gasteiger charge is -2.17. The summed E-state index contributed by atoms with van der Waals surface area (Å²) in [6, 6.07) is 20.8. The van der Waals surface area contributed by atoms with E-state index in [0.29, 0.717) is 11.3 Å². The molecule has 2 N–H and O–H groups in total. The third-order valence-electron chi connectivity index (χ3n) is 4.41. The zero-order valence-corrected chi connectivity index (χ0v) is 15.0. The number of amides is 2. The van der Waals surface area contributed by atoms with Gasteiger partial charge in [0.2, 0.25) is 5.91 Å². The number of nitrogens with one attached hydrogen (secondary N) is 2. The van der Waals surface area contributed by atoms with Crippen LogP contribution in [0.3, 0.4) is 0 Å². The number of rotatable bonds is 3. The van der Waals surface area contributed by atoms with E-state index in [-0.39, 0.29) is 18.2 Å². The first-order valence-electron chi connectivity index (χ1n) is 8.51. The standard InChI is InChI=1S/C21H16ClN3O2/c22-18-12-19(26)24-25-20(18)14-5-7-15(8-6-14)21(27)23-17-10-9-13-3-1-2-4-16(13)11-17/h1-11,18H,12H2,(H,23,27)(H,24,26). The Morgan fingerprint density at radius 2 is 1.78 bits per heavy atom. The molecule has 1 unspecified atom stereocenters. The van der Waals surface area contributed by atoms with Gasteiger partial charge in [0.05, 0.1) is 17.5 Å². The van der Waals surface area contributed by atoms with Crippen molar-refractivity contribution in [1.29, 1.82) is 0 Å². The highest BCUT2D eigenvalue weighted by Crippen LogP contribution is 2.20. The van der Waals surface area contributed by atoms with E-state index in [2.05, 4.69) is 15.8 Å².